The molecule has 19 heavy (non-hydrogen) atoms. The lowest BCUT2D eigenvalue weighted by Crippen LogP contribution is -2.24. The molecule has 0 aliphatic rings. The molecule has 0 unspecified atom stereocenters. The first-order valence-corrected chi connectivity index (χ1v) is 6.65. The molecule has 0 radical (unpaired) electrons. The molecule has 1 heterocycles. The lowest BCUT2D eigenvalue weighted by molar-refractivity contribution is 0.381. The van der Waals surface area contributed by atoms with Crippen LogP contribution in [0.5, 0.6) is 0 Å². The quantitative estimate of drug-likeness (QED) is 0.761. The van der Waals surface area contributed by atoms with Crippen molar-refractivity contribution in [2.45, 2.75) is 32.4 Å². The van der Waals surface area contributed by atoms with Crippen LogP contribution in [0.1, 0.15) is 43.7 Å². The van der Waals surface area contributed by atoms with Crippen LogP contribution in [0, 0.1) is 0 Å². The van der Waals surface area contributed by atoms with E-state index in [1.165, 1.54) is 5.56 Å². The smallest absolute Gasteiger partial charge is 0.121 e. The van der Waals surface area contributed by atoms with Crippen molar-refractivity contribution in [3.8, 4) is 0 Å². The topological polar surface area (TPSA) is 25.2 Å². The van der Waals surface area contributed by atoms with E-state index >= 15 is 0 Å². The SMILES string of the molecule is C=C(C)C[C@@H](N[C@@H](C)c1ccccc1)c1ccco1. The lowest BCUT2D eigenvalue weighted by atomic mass is 10.0. The molecule has 0 fully saturated rings. The minimum absolute atomic E-state index is 0.169. The first-order valence-electron chi connectivity index (χ1n) is 6.65. The Balaban J connectivity index is 2.10. The largest absolute Gasteiger partial charge is 0.468 e. The highest BCUT2D eigenvalue weighted by atomic mass is 16.3. The second-order valence-corrected chi connectivity index (χ2v) is 5.03. The summed E-state index contributed by atoms with van der Waals surface area (Å²) in [6.45, 7) is 8.22. The van der Waals surface area contributed by atoms with Crippen LogP contribution in [0.25, 0.3) is 0 Å². The van der Waals surface area contributed by atoms with E-state index in [1.54, 1.807) is 6.26 Å². The molecule has 2 heteroatoms. The molecule has 1 N–H and O–H groups in total. The summed E-state index contributed by atoms with van der Waals surface area (Å²) in [5.41, 5.74) is 2.43. The van der Waals surface area contributed by atoms with Crippen LogP contribution in [0.15, 0.2) is 65.3 Å². The summed E-state index contributed by atoms with van der Waals surface area (Å²) in [4.78, 5) is 0. The van der Waals surface area contributed by atoms with Crippen molar-refractivity contribution in [3.05, 3.63) is 72.2 Å². The predicted octanol–water partition coefficient (Wildman–Crippen LogP) is 4.64. The van der Waals surface area contributed by atoms with Gasteiger partial charge in [-0.25, -0.2) is 0 Å². The van der Waals surface area contributed by atoms with Gasteiger partial charge < -0.3 is 9.73 Å². The van der Waals surface area contributed by atoms with Gasteiger partial charge in [-0.05, 0) is 38.0 Å². The Morgan fingerprint density at radius 1 is 1.21 bits per heavy atom. The number of benzene rings is 1. The summed E-state index contributed by atoms with van der Waals surface area (Å²) in [7, 11) is 0. The average Bonchev–Trinajstić information content (AvgIpc) is 2.92. The van der Waals surface area contributed by atoms with Crippen molar-refractivity contribution in [1.82, 2.24) is 5.32 Å². The third kappa shape index (κ3) is 3.83. The highest BCUT2D eigenvalue weighted by molar-refractivity contribution is 5.19. The normalized spacial score (nSPS) is 14.0. The Bertz CT molecular complexity index is 501. The van der Waals surface area contributed by atoms with E-state index in [2.05, 4.69) is 43.1 Å². The van der Waals surface area contributed by atoms with Crippen LogP contribution in [0.2, 0.25) is 0 Å². The van der Waals surface area contributed by atoms with Crippen molar-refractivity contribution in [2.75, 3.05) is 0 Å². The van der Waals surface area contributed by atoms with Crippen molar-refractivity contribution >= 4 is 0 Å². The lowest BCUT2D eigenvalue weighted by Gasteiger charge is -2.22. The van der Waals surface area contributed by atoms with E-state index in [9.17, 15) is 0 Å². The minimum Gasteiger partial charge on any atom is -0.468 e. The molecule has 0 aliphatic heterocycles. The molecule has 1 aromatic heterocycles. The van der Waals surface area contributed by atoms with Crippen molar-refractivity contribution in [2.24, 2.45) is 0 Å². The van der Waals surface area contributed by atoms with Crippen LogP contribution < -0.4 is 5.32 Å². The van der Waals surface area contributed by atoms with Crippen LogP contribution in [-0.4, -0.2) is 0 Å². The van der Waals surface area contributed by atoms with E-state index in [0.717, 1.165) is 17.8 Å². The molecule has 1 aromatic carbocycles. The average molecular weight is 255 g/mol. The molecule has 0 saturated carbocycles. The van der Waals surface area contributed by atoms with Crippen molar-refractivity contribution in [3.63, 3.8) is 0 Å². The molecule has 2 rings (SSSR count). The van der Waals surface area contributed by atoms with Gasteiger partial charge in [-0.3, -0.25) is 0 Å². The van der Waals surface area contributed by atoms with Crippen molar-refractivity contribution < 1.29 is 4.42 Å². The van der Waals surface area contributed by atoms with E-state index in [4.69, 9.17) is 4.42 Å². The number of rotatable bonds is 6. The fraction of sp³-hybridized carbons (Fsp3) is 0.294. The van der Waals surface area contributed by atoms with Gasteiger partial charge in [-0.15, -0.1) is 6.58 Å². The molecule has 0 spiro atoms. The van der Waals surface area contributed by atoms with Crippen LogP contribution >= 0.6 is 0 Å². The fourth-order valence-electron chi connectivity index (χ4n) is 2.22. The first kappa shape index (κ1) is 13.6. The van der Waals surface area contributed by atoms with E-state index in [1.807, 2.05) is 25.1 Å². The Kier molecular flexibility index (Phi) is 4.58. The van der Waals surface area contributed by atoms with Gasteiger partial charge in [-0.2, -0.15) is 0 Å². The Morgan fingerprint density at radius 3 is 2.53 bits per heavy atom. The maximum absolute atomic E-state index is 5.53. The minimum atomic E-state index is 0.169. The third-order valence-electron chi connectivity index (χ3n) is 3.19. The molecule has 0 amide bonds. The van der Waals surface area contributed by atoms with Crippen LogP contribution in [0.3, 0.4) is 0 Å². The molecular formula is C17H21NO. The summed E-state index contributed by atoms with van der Waals surface area (Å²) in [5, 5.41) is 3.61. The van der Waals surface area contributed by atoms with Gasteiger partial charge in [0.1, 0.15) is 5.76 Å². The molecule has 2 atom stereocenters. The van der Waals surface area contributed by atoms with Crippen LogP contribution in [0.4, 0.5) is 0 Å². The van der Waals surface area contributed by atoms with Gasteiger partial charge in [0.05, 0.1) is 12.3 Å². The van der Waals surface area contributed by atoms with Gasteiger partial charge >= 0.3 is 0 Å². The zero-order chi connectivity index (χ0) is 13.7. The molecule has 2 aromatic rings. The number of hydrogen-bond acceptors (Lipinski definition) is 2. The summed E-state index contributed by atoms with van der Waals surface area (Å²) < 4.78 is 5.53. The number of nitrogens with one attached hydrogen (secondary N) is 1. The zero-order valence-corrected chi connectivity index (χ0v) is 11.6. The molecule has 0 bridgehead atoms. The maximum atomic E-state index is 5.53. The standard InChI is InChI=1S/C17H21NO/c1-13(2)12-16(17-10-7-11-19-17)18-14(3)15-8-5-4-6-9-15/h4-11,14,16,18H,1,12H2,2-3H3/t14-,16+/m0/s1. The summed E-state index contributed by atoms with van der Waals surface area (Å²) in [5.74, 6) is 0.964. The van der Waals surface area contributed by atoms with Crippen molar-refractivity contribution in [1.29, 1.82) is 0 Å². The molecule has 2 nitrogen and oxygen atoms in total. The predicted molar refractivity (Wildman–Crippen MR) is 78.9 cm³/mol. The number of hydrogen-bond donors (Lipinski definition) is 1. The van der Waals surface area contributed by atoms with Gasteiger partial charge in [0.25, 0.3) is 0 Å². The Morgan fingerprint density at radius 2 is 1.95 bits per heavy atom. The Labute approximate surface area is 115 Å². The van der Waals surface area contributed by atoms with E-state index < -0.39 is 0 Å². The molecule has 0 saturated heterocycles. The van der Waals surface area contributed by atoms with Gasteiger partial charge in [0.2, 0.25) is 0 Å². The molecule has 0 aliphatic carbocycles. The molecular weight excluding hydrogens is 234 g/mol. The Hall–Kier alpha value is -1.80. The first-order chi connectivity index (χ1) is 9.16. The summed E-state index contributed by atoms with van der Waals surface area (Å²) in [6.07, 6.45) is 2.60. The fourth-order valence-corrected chi connectivity index (χ4v) is 2.22. The maximum Gasteiger partial charge on any atom is 0.121 e. The molecule has 100 valence electrons. The highest BCUT2D eigenvalue weighted by Crippen LogP contribution is 2.24. The van der Waals surface area contributed by atoms with Crippen LogP contribution in [-0.2, 0) is 0 Å². The highest BCUT2D eigenvalue weighted by Gasteiger charge is 2.17. The third-order valence-corrected chi connectivity index (χ3v) is 3.19. The number of furan rings is 1. The van der Waals surface area contributed by atoms with E-state index in [0.29, 0.717) is 0 Å². The summed E-state index contributed by atoms with van der Waals surface area (Å²) >= 11 is 0. The van der Waals surface area contributed by atoms with Gasteiger partial charge in [-0.1, -0.05) is 35.9 Å². The van der Waals surface area contributed by atoms with E-state index in [-0.39, 0.29) is 12.1 Å². The second kappa shape index (κ2) is 6.39. The zero-order valence-electron chi connectivity index (χ0n) is 11.6. The summed E-state index contributed by atoms with van der Waals surface area (Å²) in [6, 6.07) is 14.8. The monoisotopic (exact) mass is 255 g/mol. The van der Waals surface area contributed by atoms with Gasteiger partial charge in [0.15, 0.2) is 0 Å². The second-order valence-electron chi connectivity index (χ2n) is 5.03. The van der Waals surface area contributed by atoms with Gasteiger partial charge in [0, 0.05) is 6.04 Å².